The number of aliphatic hydroxyl groups is 2. The molecule has 0 spiro atoms. The molecule has 0 radical (unpaired) electrons. The fraction of sp³-hybridized carbons (Fsp3) is 0.158. The van der Waals surface area contributed by atoms with E-state index in [0.29, 0.717) is 0 Å². The molecule has 6 rings (SSSR count). The minimum absolute atomic E-state index is 0. The normalized spacial score (nSPS) is 11.5. The summed E-state index contributed by atoms with van der Waals surface area (Å²) >= 11 is 0. The van der Waals surface area contributed by atoms with Crippen LogP contribution in [0.2, 0.25) is 0 Å². The molecule has 72 heavy (non-hydrogen) atoms. The maximum atomic E-state index is 12.6. The molecule has 4 aromatic carbocycles. The Balaban J connectivity index is 0.00000444. The van der Waals surface area contributed by atoms with E-state index in [2.05, 4.69) is 51.2 Å². The topological polar surface area (TPSA) is 401 Å². The van der Waals surface area contributed by atoms with Crippen molar-refractivity contribution in [2.45, 2.75) is 19.6 Å². The van der Waals surface area contributed by atoms with Crippen LogP contribution in [-0.2, 0) is 40.5 Å². The zero-order valence-corrected chi connectivity index (χ0v) is 50.3. The number of likely N-dealkylation sites (N-methyl/N-ethyl adjacent to an activating group) is 2. The summed E-state index contributed by atoms with van der Waals surface area (Å²) < 4.78 is 144. The number of benzene rings is 4. The number of rotatable bonds is 20. The predicted octanol–water partition coefficient (Wildman–Crippen LogP) is -10.3. The van der Waals surface area contributed by atoms with Crippen molar-refractivity contribution in [1.82, 2.24) is 29.9 Å². The first-order valence-corrected chi connectivity index (χ1v) is 24.8. The van der Waals surface area contributed by atoms with Crippen molar-refractivity contribution in [2.75, 3.05) is 71.5 Å². The average Bonchev–Trinajstić information content (AvgIpc) is 3.25. The van der Waals surface area contributed by atoms with Crippen LogP contribution in [-0.4, -0.2) is 132 Å². The Morgan fingerprint density at radius 1 is 0.444 bits per heavy atom. The molecule has 0 aliphatic heterocycles. The summed E-state index contributed by atoms with van der Waals surface area (Å²) in [5, 5.41) is 30.2. The van der Waals surface area contributed by atoms with E-state index in [-0.39, 0.29) is 214 Å². The molecule has 0 saturated carbocycles. The number of aliphatic hydroxyl groups excluding tert-OH is 2. The van der Waals surface area contributed by atoms with Crippen LogP contribution in [0.5, 0.6) is 0 Å². The molecule has 6 N–H and O–H groups in total. The standard InChI is InChI=1S/C38H40N12O14S4.4Na/c1-49(17-19-51)37-45-33(39-25-9-13-29(14-10-25)65(53,54)55)43-35(47-37)41-27-7-5-23(31(21-27)67(59,60)61)3-4-24-6-8-28(22-32(24)68(62,63)64)42-36-44-34(46-38(48-36)50(2)18-20-52)40-26-11-15-30(16-12-26)66(56,57)58;;;;/h3-16,21-22,51-52H,17-20H2,1-2H3,(H,53,54,55)(H,56,57,58)(H,59,60,61)(H,62,63,64)(H2,39,41,43,45,47)(H2,40,42,44,46,48);;;;/q;4*+1/p-4. The van der Waals surface area contributed by atoms with Crippen LogP contribution in [0.4, 0.5) is 58.4 Å². The van der Waals surface area contributed by atoms with Crippen LogP contribution < -0.4 is 149 Å². The van der Waals surface area contributed by atoms with E-state index in [0.717, 1.165) is 48.6 Å². The Morgan fingerprint density at radius 2 is 0.722 bits per heavy atom. The van der Waals surface area contributed by atoms with Gasteiger partial charge in [0.1, 0.15) is 40.5 Å². The minimum atomic E-state index is -5.25. The summed E-state index contributed by atoms with van der Waals surface area (Å²) in [4.78, 5) is 26.0. The van der Waals surface area contributed by atoms with Gasteiger partial charge in [-0.25, -0.2) is 33.7 Å². The van der Waals surface area contributed by atoms with Crippen LogP contribution in [0.3, 0.4) is 0 Å². The molecule has 6 aromatic rings. The molecule has 0 bridgehead atoms. The minimum Gasteiger partial charge on any atom is -0.744 e. The summed E-state index contributed by atoms with van der Waals surface area (Å²) in [7, 11) is -16.8. The SMILES string of the molecule is CN(CCO)c1nc(Nc2ccc(S(=O)(=O)[O-])cc2)nc(Nc2ccc(C=Cc3ccc(Nc4nc(Nc5ccc(S(=O)(=O)[O-])cc5)nc(N(C)CCO)n4)cc3S(=O)(=O)[O-])c(S(=O)(=O)[O-])c2)n1.[Na+].[Na+].[Na+].[Na+]. The first kappa shape index (κ1) is 65.1. The predicted molar refractivity (Wildman–Crippen MR) is 240 cm³/mol. The van der Waals surface area contributed by atoms with Gasteiger partial charge in [0.25, 0.3) is 0 Å². The molecule has 0 aliphatic carbocycles. The van der Waals surface area contributed by atoms with E-state index in [1.165, 1.54) is 58.3 Å². The Hall–Kier alpha value is -3.00. The summed E-state index contributed by atoms with van der Waals surface area (Å²) in [6.45, 7) is -0.457. The van der Waals surface area contributed by atoms with Gasteiger partial charge in [-0.1, -0.05) is 24.3 Å². The molecule has 0 amide bonds. The van der Waals surface area contributed by atoms with E-state index in [1.54, 1.807) is 14.1 Å². The third kappa shape index (κ3) is 18.4. The van der Waals surface area contributed by atoms with Gasteiger partial charge in [0.2, 0.25) is 35.7 Å². The Kier molecular flexibility index (Phi) is 25.0. The maximum Gasteiger partial charge on any atom is 1.00 e. The second-order valence-electron chi connectivity index (χ2n) is 14.1. The van der Waals surface area contributed by atoms with Gasteiger partial charge in [-0.3, -0.25) is 0 Å². The van der Waals surface area contributed by atoms with Gasteiger partial charge in [-0.15, -0.1) is 0 Å². The van der Waals surface area contributed by atoms with Crippen molar-refractivity contribution in [3.05, 3.63) is 96.1 Å². The number of hydrogen-bond donors (Lipinski definition) is 6. The van der Waals surface area contributed by atoms with Gasteiger partial charge >= 0.3 is 118 Å². The van der Waals surface area contributed by atoms with E-state index >= 15 is 0 Å². The molecule has 26 nitrogen and oxygen atoms in total. The van der Waals surface area contributed by atoms with E-state index in [1.807, 2.05) is 0 Å². The molecule has 0 saturated heterocycles. The first-order valence-electron chi connectivity index (χ1n) is 19.1. The van der Waals surface area contributed by atoms with Crippen molar-refractivity contribution in [3.63, 3.8) is 0 Å². The van der Waals surface area contributed by atoms with Crippen LogP contribution in [0.1, 0.15) is 11.1 Å². The van der Waals surface area contributed by atoms with Crippen LogP contribution in [0, 0.1) is 0 Å². The largest absolute Gasteiger partial charge is 1.00 e. The number of nitrogens with one attached hydrogen (secondary N) is 4. The zero-order chi connectivity index (χ0) is 49.6. The molecule has 2 aromatic heterocycles. The zero-order valence-electron chi connectivity index (χ0n) is 39.1. The van der Waals surface area contributed by atoms with Crippen LogP contribution >= 0.6 is 0 Å². The van der Waals surface area contributed by atoms with Crippen LogP contribution in [0.15, 0.2) is 105 Å². The second-order valence-corrected chi connectivity index (χ2v) is 19.5. The quantitative estimate of drug-likeness (QED) is 0.0235. The molecule has 0 unspecified atom stereocenters. The molecule has 360 valence electrons. The van der Waals surface area contributed by atoms with Crippen LogP contribution in [0.25, 0.3) is 12.2 Å². The first-order chi connectivity index (χ1) is 31.9. The number of aromatic nitrogens is 6. The molecule has 34 heteroatoms. The summed E-state index contributed by atoms with van der Waals surface area (Å²) in [5.74, 6) is -0.605. The molecule has 0 atom stereocenters. The Bertz CT molecular complexity index is 3120. The molecule has 2 heterocycles. The van der Waals surface area contributed by atoms with Crippen molar-refractivity contribution in [2.24, 2.45) is 0 Å². The second kappa shape index (κ2) is 27.7. The number of hydrogen-bond acceptors (Lipinski definition) is 26. The third-order valence-corrected chi connectivity index (χ3v) is 12.6. The summed E-state index contributed by atoms with van der Waals surface area (Å²) in [6.07, 6.45) is 2.18. The maximum absolute atomic E-state index is 12.6. The fourth-order valence-corrected chi connectivity index (χ4v) is 8.16. The van der Waals surface area contributed by atoms with E-state index in [4.69, 9.17) is 0 Å². The van der Waals surface area contributed by atoms with E-state index in [9.17, 15) is 62.1 Å². The van der Waals surface area contributed by atoms with Gasteiger partial charge in [0.15, 0.2) is 0 Å². The molecule has 0 aliphatic rings. The van der Waals surface area contributed by atoms with E-state index < -0.39 is 60.1 Å². The molecular weight excluding hydrogens is 1070 g/mol. The number of nitrogens with zero attached hydrogens (tertiary/aromatic N) is 8. The van der Waals surface area contributed by atoms with Crippen molar-refractivity contribution in [1.29, 1.82) is 0 Å². The number of anilines is 10. The average molecular weight is 1110 g/mol. The monoisotopic (exact) mass is 1100 g/mol. The van der Waals surface area contributed by atoms with Gasteiger partial charge < -0.3 is 59.5 Å². The summed E-state index contributed by atoms with van der Waals surface area (Å²) in [6, 6.07) is 16.3. The van der Waals surface area contributed by atoms with Crippen molar-refractivity contribution in [3.8, 4) is 0 Å². The Morgan fingerprint density at radius 3 is 0.986 bits per heavy atom. The van der Waals surface area contributed by atoms with Gasteiger partial charge in [-0.05, 0) is 83.9 Å². The Labute approximate surface area is 502 Å². The molecule has 0 fully saturated rings. The third-order valence-electron chi connectivity index (χ3n) is 9.12. The van der Waals surface area contributed by atoms with Gasteiger partial charge in [-0.2, -0.15) is 29.9 Å². The van der Waals surface area contributed by atoms with Crippen molar-refractivity contribution < 1.29 is 180 Å². The van der Waals surface area contributed by atoms with Gasteiger partial charge in [0, 0.05) is 49.9 Å². The fourth-order valence-electron chi connectivity index (χ4n) is 5.83. The van der Waals surface area contributed by atoms with Crippen molar-refractivity contribution >= 4 is 111 Å². The van der Waals surface area contributed by atoms with Gasteiger partial charge in [0.05, 0.1) is 32.8 Å². The smallest absolute Gasteiger partial charge is 0.744 e. The molecular formula is C38H36N12Na4O14S4. The summed E-state index contributed by atoms with van der Waals surface area (Å²) in [5.41, 5.74) is 0.0225.